The molecule has 0 radical (unpaired) electrons. The number of thioether (sulfide) groups is 1. The number of rotatable bonds is 3. The summed E-state index contributed by atoms with van der Waals surface area (Å²) in [5.41, 5.74) is 7.31. The third kappa shape index (κ3) is 3.04. The molecule has 110 valence electrons. The number of hydrogen-bond acceptors (Lipinski definition) is 4. The Bertz CT molecular complexity index is 580. The zero-order valence-corrected chi connectivity index (χ0v) is 12.7. The van der Waals surface area contributed by atoms with E-state index in [9.17, 15) is 4.79 Å². The third-order valence-electron chi connectivity index (χ3n) is 3.90. The van der Waals surface area contributed by atoms with E-state index >= 15 is 0 Å². The fraction of sp³-hybridized carbons (Fsp3) is 0.375. The molecular weight excluding hydrogens is 282 g/mol. The number of hydrogen-bond donors (Lipinski definition) is 1. The van der Waals surface area contributed by atoms with Crippen LogP contribution in [0.1, 0.15) is 35.3 Å². The lowest BCUT2D eigenvalue weighted by Gasteiger charge is -2.23. The van der Waals surface area contributed by atoms with E-state index < -0.39 is 0 Å². The van der Waals surface area contributed by atoms with Gasteiger partial charge in [-0.2, -0.15) is 0 Å². The number of amides is 1. The molecule has 0 aliphatic carbocycles. The van der Waals surface area contributed by atoms with Gasteiger partial charge in [-0.15, -0.1) is 0 Å². The highest BCUT2D eigenvalue weighted by atomic mass is 32.2. The molecule has 0 bridgehead atoms. The van der Waals surface area contributed by atoms with Crippen LogP contribution in [0.25, 0.3) is 4.91 Å². The first-order valence-electron chi connectivity index (χ1n) is 7.29. The molecule has 4 nitrogen and oxygen atoms in total. The first-order chi connectivity index (χ1) is 10.3. The number of aromatic nitrogens is 1. The molecule has 3 rings (SSSR count). The Morgan fingerprint density at radius 1 is 1.48 bits per heavy atom. The largest absolute Gasteiger partial charge is 0.334 e. The number of nitrogens with zero attached hydrogens (tertiary/aromatic N) is 2. The summed E-state index contributed by atoms with van der Waals surface area (Å²) in [7, 11) is 0. The minimum Gasteiger partial charge on any atom is -0.334 e. The zero-order valence-electron chi connectivity index (χ0n) is 11.9. The van der Waals surface area contributed by atoms with Crippen molar-refractivity contribution >= 4 is 22.6 Å². The maximum absolute atomic E-state index is 12.5. The van der Waals surface area contributed by atoms with Crippen LogP contribution in [0.15, 0.2) is 35.9 Å². The van der Waals surface area contributed by atoms with E-state index in [0.717, 1.165) is 36.4 Å². The van der Waals surface area contributed by atoms with Crippen LogP contribution in [0.5, 0.6) is 0 Å². The molecule has 1 aromatic rings. The summed E-state index contributed by atoms with van der Waals surface area (Å²) in [6, 6.07) is 3.98. The van der Waals surface area contributed by atoms with Crippen LogP contribution < -0.4 is 5.73 Å². The van der Waals surface area contributed by atoms with Gasteiger partial charge >= 0.3 is 0 Å². The van der Waals surface area contributed by atoms with Gasteiger partial charge in [0.25, 0.3) is 5.91 Å². The Balaban J connectivity index is 1.74. The topological polar surface area (TPSA) is 59.2 Å². The van der Waals surface area contributed by atoms with E-state index in [0.29, 0.717) is 12.1 Å². The van der Waals surface area contributed by atoms with E-state index in [2.05, 4.69) is 22.5 Å². The van der Waals surface area contributed by atoms with E-state index in [1.165, 1.54) is 0 Å². The zero-order chi connectivity index (χ0) is 14.7. The van der Waals surface area contributed by atoms with Gasteiger partial charge in [0.1, 0.15) is 0 Å². The summed E-state index contributed by atoms with van der Waals surface area (Å²) in [6.45, 7) is 1.33. The average molecular weight is 301 g/mol. The van der Waals surface area contributed by atoms with Crippen molar-refractivity contribution in [1.82, 2.24) is 9.88 Å². The maximum atomic E-state index is 12.5. The third-order valence-corrected chi connectivity index (χ3v) is 4.86. The SMILES string of the molecule is NC[C@@H]1CCCN1C(=O)c1ccc(C2=CCC=CS2)nc1. The summed E-state index contributed by atoms with van der Waals surface area (Å²) < 4.78 is 0. The molecular formula is C16H19N3OS. The number of likely N-dealkylation sites (tertiary alicyclic amines) is 1. The Hall–Kier alpha value is -1.59. The summed E-state index contributed by atoms with van der Waals surface area (Å²) in [5, 5.41) is 2.08. The van der Waals surface area contributed by atoms with Crippen molar-refractivity contribution < 1.29 is 4.79 Å². The minimum absolute atomic E-state index is 0.0483. The Kier molecular flexibility index (Phi) is 4.41. The van der Waals surface area contributed by atoms with Gasteiger partial charge in [0.15, 0.2) is 0 Å². The van der Waals surface area contributed by atoms with Crippen molar-refractivity contribution in [3.8, 4) is 0 Å². The van der Waals surface area contributed by atoms with Crippen molar-refractivity contribution in [3.05, 3.63) is 47.1 Å². The number of allylic oxidation sites excluding steroid dienone is 2. The van der Waals surface area contributed by atoms with Gasteiger partial charge in [0.05, 0.1) is 11.3 Å². The Morgan fingerprint density at radius 2 is 2.38 bits per heavy atom. The van der Waals surface area contributed by atoms with Crippen LogP contribution >= 0.6 is 11.8 Å². The number of pyridine rings is 1. The van der Waals surface area contributed by atoms with Gasteiger partial charge < -0.3 is 10.6 Å². The van der Waals surface area contributed by atoms with Crippen molar-refractivity contribution in [2.75, 3.05) is 13.1 Å². The van der Waals surface area contributed by atoms with Crippen LogP contribution in [-0.2, 0) is 0 Å². The minimum atomic E-state index is 0.0483. The highest BCUT2D eigenvalue weighted by Crippen LogP contribution is 2.31. The van der Waals surface area contributed by atoms with Crippen LogP contribution in [0.3, 0.4) is 0 Å². The smallest absolute Gasteiger partial charge is 0.255 e. The van der Waals surface area contributed by atoms with Crippen LogP contribution in [0.4, 0.5) is 0 Å². The van der Waals surface area contributed by atoms with E-state index in [1.807, 2.05) is 17.0 Å². The van der Waals surface area contributed by atoms with Crippen molar-refractivity contribution in [2.45, 2.75) is 25.3 Å². The molecule has 2 aliphatic heterocycles. The van der Waals surface area contributed by atoms with Crippen LogP contribution in [0, 0.1) is 0 Å². The molecule has 0 aromatic carbocycles. The molecule has 21 heavy (non-hydrogen) atoms. The van der Waals surface area contributed by atoms with E-state index in [1.54, 1.807) is 18.0 Å². The molecule has 1 fully saturated rings. The molecule has 0 unspecified atom stereocenters. The van der Waals surface area contributed by atoms with E-state index in [4.69, 9.17) is 5.73 Å². The number of carbonyl (C=O) groups excluding carboxylic acids is 1. The molecule has 1 amide bonds. The molecule has 1 saturated heterocycles. The number of carbonyl (C=O) groups is 1. The fourth-order valence-electron chi connectivity index (χ4n) is 2.75. The van der Waals surface area contributed by atoms with Gasteiger partial charge in [-0.25, -0.2) is 0 Å². The normalized spacial score (nSPS) is 21.5. The van der Waals surface area contributed by atoms with Gasteiger partial charge in [-0.1, -0.05) is 23.9 Å². The van der Waals surface area contributed by atoms with Crippen LogP contribution in [-0.4, -0.2) is 34.9 Å². The summed E-state index contributed by atoms with van der Waals surface area (Å²) in [4.78, 5) is 20.0. The second kappa shape index (κ2) is 6.45. The molecule has 1 atom stereocenters. The number of nitrogens with two attached hydrogens (primary N) is 1. The second-order valence-electron chi connectivity index (χ2n) is 5.26. The predicted octanol–water partition coefficient (Wildman–Crippen LogP) is 2.64. The monoisotopic (exact) mass is 301 g/mol. The average Bonchev–Trinajstić information content (AvgIpc) is 3.04. The molecule has 2 N–H and O–H groups in total. The summed E-state index contributed by atoms with van der Waals surface area (Å²) in [6.07, 6.45) is 8.93. The lowest BCUT2D eigenvalue weighted by molar-refractivity contribution is 0.0741. The second-order valence-corrected chi connectivity index (χ2v) is 6.20. The summed E-state index contributed by atoms with van der Waals surface area (Å²) >= 11 is 1.67. The van der Waals surface area contributed by atoms with Crippen molar-refractivity contribution in [3.63, 3.8) is 0 Å². The molecule has 0 spiro atoms. The molecule has 3 heterocycles. The Labute approximate surface area is 129 Å². The fourth-order valence-corrected chi connectivity index (χ4v) is 3.53. The van der Waals surface area contributed by atoms with Crippen LogP contribution in [0.2, 0.25) is 0 Å². The molecule has 5 heteroatoms. The van der Waals surface area contributed by atoms with Gasteiger partial charge in [0, 0.05) is 30.2 Å². The highest BCUT2D eigenvalue weighted by molar-refractivity contribution is 8.10. The van der Waals surface area contributed by atoms with Crippen molar-refractivity contribution in [1.29, 1.82) is 0 Å². The van der Waals surface area contributed by atoms with Gasteiger partial charge in [-0.05, 0) is 36.8 Å². The first-order valence-corrected chi connectivity index (χ1v) is 8.17. The Morgan fingerprint density at radius 3 is 3.05 bits per heavy atom. The lowest BCUT2D eigenvalue weighted by atomic mass is 10.2. The summed E-state index contributed by atoms with van der Waals surface area (Å²) in [5.74, 6) is 0.0483. The highest BCUT2D eigenvalue weighted by Gasteiger charge is 2.28. The first kappa shape index (κ1) is 14.4. The quantitative estimate of drug-likeness (QED) is 0.932. The molecule has 2 aliphatic rings. The maximum Gasteiger partial charge on any atom is 0.255 e. The molecule has 1 aromatic heterocycles. The predicted molar refractivity (Wildman–Crippen MR) is 86.7 cm³/mol. The van der Waals surface area contributed by atoms with Gasteiger partial charge in [0.2, 0.25) is 0 Å². The van der Waals surface area contributed by atoms with E-state index in [-0.39, 0.29) is 11.9 Å². The van der Waals surface area contributed by atoms with Crippen molar-refractivity contribution in [2.24, 2.45) is 5.73 Å². The molecule has 0 saturated carbocycles. The lowest BCUT2D eigenvalue weighted by Crippen LogP contribution is -2.39. The van der Waals surface area contributed by atoms with Gasteiger partial charge in [-0.3, -0.25) is 9.78 Å². The standard InChI is InChI=1S/C16H19N3OS/c17-10-13-4-3-8-19(13)16(20)12-6-7-14(18-11-12)15-5-1-2-9-21-15/h2,5-7,9,11,13H,1,3-4,8,10,17H2/t13-/m0/s1.